The van der Waals surface area contributed by atoms with Gasteiger partial charge in [-0.05, 0) is 31.9 Å². The van der Waals surface area contributed by atoms with E-state index < -0.39 is 0 Å². The van der Waals surface area contributed by atoms with Crippen molar-refractivity contribution in [2.24, 2.45) is 0 Å². The van der Waals surface area contributed by atoms with Crippen molar-refractivity contribution < 1.29 is 4.79 Å². The van der Waals surface area contributed by atoms with Crippen molar-refractivity contribution in [1.82, 2.24) is 25.2 Å². The summed E-state index contributed by atoms with van der Waals surface area (Å²) in [6.07, 6.45) is 9.09. The molecule has 0 saturated carbocycles. The summed E-state index contributed by atoms with van der Waals surface area (Å²) in [5.74, 6) is 1.82. The predicted molar refractivity (Wildman–Crippen MR) is 110 cm³/mol. The van der Waals surface area contributed by atoms with Crippen LogP contribution < -0.4 is 10.2 Å². The van der Waals surface area contributed by atoms with Crippen molar-refractivity contribution in [3.05, 3.63) is 29.2 Å². The van der Waals surface area contributed by atoms with Crippen molar-refractivity contribution in [2.75, 3.05) is 37.3 Å². The second-order valence-corrected chi connectivity index (χ2v) is 8.40. The molecule has 8 heteroatoms. The quantitative estimate of drug-likeness (QED) is 0.839. The normalized spacial score (nSPS) is 20.6. The summed E-state index contributed by atoms with van der Waals surface area (Å²) >= 11 is 1.63. The highest BCUT2D eigenvalue weighted by molar-refractivity contribution is 8.04. The Morgan fingerprint density at radius 2 is 2.30 bits per heavy atom. The molecule has 4 heterocycles. The van der Waals surface area contributed by atoms with E-state index in [0.717, 1.165) is 59.1 Å². The van der Waals surface area contributed by atoms with Crippen LogP contribution in [0.15, 0.2) is 23.6 Å². The standard InChI is InChI=1S/C19H26N6OS/c1-13-9-21-17-16(13)18(23-12-22-17)25-7-8-27-15(11-25)19(26)24(2)10-14-5-3-4-6-20-14/h9,11-12,14,20H,3-8,10H2,1-2H3,(H,21,22,23)/t14-/m0/s1. The summed E-state index contributed by atoms with van der Waals surface area (Å²) in [6.45, 7) is 4.68. The molecule has 2 aromatic heterocycles. The van der Waals surface area contributed by atoms with Crippen LogP contribution in [-0.2, 0) is 4.79 Å². The average molecular weight is 387 g/mol. The maximum atomic E-state index is 13.0. The van der Waals surface area contributed by atoms with E-state index in [-0.39, 0.29) is 5.91 Å². The number of hydrogen-bond donors (Lipinski definition) is 2. The minimum Gasteiger partial charge on any atom is -0.346 e. The van der Waals surface area contributed by atoms with Crippen LogP contribution in [-0.4, -0.2) is 64.2 Å². The lowest BCUT2D eigenvalue weighted by Crippen LogP contribution is -2.44. The van der Waals surface area contributed by atoms with E-state index in [1.807, 2.05) is 31.3 Å². The maximum absolute atomic E-state index is 13.0. The number of nitrogens with zero attached hydrogens (tertiary/aromatic N) is 4. The number of aryl methyl sites for hydroxylation is 1. The molecule has 2 aliphatic heterocycles. The summed E-state index contributed by atoms with van der Waals surface area (Å²) in [6, 6.07) is 0.405. The van der Waals surface area contributed by atoms with Gasteiger partial charge in [-0.1, -0.05) is 6.42 Å². The van der Waals surface area contributed by atoms with Crippen molar-refractivity contribution in [3.63, 3.8) is 0 Å². The second-order valence-electron chi connectivity index (χ2n) is 7.26. The van der Waals surface area contributed by atoms with Crippen LogP contribution in [0.4, 0.5) is 5.82 Å². The largest absolute Gasteiger partial charge is 0.346 e. The predicted octanol–water partition coefficient (Wildman–Crippen LogP) is 2.26. The number of piperidine rings is 1. The van der Waals surface area contributed by atoms with Gasteiger partial charge >= 0.3 is 0 Å². The highest BCUT2D eigenvalue weighted by atomic mass is 32.2. The van der Waals surface area contributed by atoms with Gasteiger partial charge in [0.2, 0.25) is 0 Å². The number of aromatic amines is 1. The molecule has 7 nitrogen and oxygen atoms in total. The molecule has 144 valence electrons. The summed E-state index contributed by atoms with van der Waals surface area (Å²) in [7, 11) is 1.90. The smallest absolute Gasteiger partial charge is 0.261 e. The van der Waals surface area contributed by atoms with Crippen LogP contribution in [0.1, 0.15) is 24.8 Å². The molecule has 2 N–H and O–H groups in total. The van der Waals surface area contributed by atoms with Gasteiger partial charge in [0.1, 0.15) is 17.8 Å². The fourth-order valence-electron chi connectivity index (χ4n) is 3.78. The SMILES string of the molecule is Cc1c[nH]c2ncnc(N3C=C(C(=O)N(C)C[C@@H]4CCCCN4)SCC3)c12. The molecular formula is C19H26N6OS. The van der Waals surface area contributed by atoms with Crippen LogP contribution in [0, 0.1) is 6.92 Å². The zero-order valence-corrected chi connectivity index (χ0v) is 16.7. The number of thioether (sulfide) groups is 1. The van der Waals surface area contributed by atoms with Crippen LogP contribution in [0.3, 0.4) is 0 Å². The Morgan fingerprint density at radius 1 is 1.41 bits per heavy atom. The molecule has 1 fully saturated rings. The van der Waals surface area contributed by atoms with Crippen molar-refractivity contribution in [1.29, 1.82) is 0 Å². The highest BCUT2D eigenvalue weighted by Gasteiger charge is 2.25. The molecule has 0 bridgehead atoms. The Morgan fingerprint density at radius 3 is 3.11 bits per heavy atom. The first-order valence-corrected chi connectivity index (χ1v) is 10.5. The first-order chi connectivity index (χ1) is 13.1. The van der Waals surface area contributed by atoms with E-state index in [9.17, 15) is 4.79 Å². The van der Waals surface area contributed by atoms with Gasteiger partial charge in [-0.2, -0.15) is 0 Å². The lowest BCUT2D eigenvalue weighted by molar-refractivity contribution is -0.125. The Labute approximate surface area is 163 Å². The van der Waals surface area contributed by atoms with Crippen molar-refractivity contribution in [2.45, 2.75) is 32.2 Å². The molecule has 0 aromatic carbocycles. The first-order valence-electron chi connectivity index (χ1n) is 9.52. The van der Waals surface area contributed by atoms with Crippen LogP contribution in [0.2, 0.25) is 0 Å². The third kappa shape index (κ3) is 3.82. The molecule has 4 rings (SSSR count). The van der Waals surface area contributed by atoms with Gasteiger partial charge in [0, 0.05) is 44.3 Å². The molecule has 27 heavy (non-hydrogen) atoms. The summed E-state index contributed by atoms with van der Waals surface area (Å²) in [4.78, 5) is 29.7. The lowest BCUT2D eigenvalue weighted by Gasteiger charge is -2.30. The maximum Gasteiger partial charge on any atom is 0.261 e. The second kappa shape index (κ2) is 7.90. The van der Waals surface area contributed by atoms with E-state index in [1.165, 1.54) is 12.8 Å². The minimum atomic E-state index is 0.0909. The zero-order chi connectivity index (χ0) is 18.8. The van der Waals surface area contributed by atoms with Crippen LogP contribution >= 0.6 is 11.8 Å². The zero-order valence-electron chi connectivity index (χ0n) is 15.9. The van der Waals surface area contributed by atoms with Gasteiger partial charge in [0.05, 0.1) is 10.3 Å². The van der Waals surface area contributed by atoms with Gasteiger partial charge in [-0.3, -0.25) is 4.79 Å². The number of likely N-dealkylation sites (N-methyl/N-ethyl adjacent to an activating group) is 1. The van der Waals surface area contributed by atoms with E-state index in [4.69, 9.17) is 0 Å². The monoisotopic (exact) mass is 386 g/mol. The number of H-pyrrole nitrogens is 1. The van der Waals surface area contributed by atoms with Gasteiger partial charge in [0.15, 0.2) is 0 Å². The number of fused-ring (bicyclic) bond motifs is 1. The molecule has 0 aliphatic carbocycles. The van der Waals surface area contributed by atoms with Gasteiger partial charge in [-0.15, -0.1) is 11.8 Å². The molecule has 2 aromatic rings. The molecule has 1 amide bonds. The molecule has 0 spiro atoms. The average Bonchev–Trinajstić information content (AvgIpc) is 3.09. The number of amides is 1. The number of carbonyl (C=O) groups is 1. The molecular weight excluding hydrogens is 360 g/mol. The third-order valence-electron chi connectivity index (χ3n) is 5.25. The van der Waals surface area contributed by atoms with E-state index in [0.29, 0.717) is 6.04 Å². The highest BCUT2D eigenvalue weighted by Crippen LogP contribution is 2.31. The van der Waals surface area contributed by atoms with E-state index >= 15 is 0 Å². The molecule has 1 atom stereocenters. The summed E-state index contributed by atoms with van der Waals surface area (Å²) < 4.78 is 0. The van der Waals surface area contributed by atoms with Crippen molar-refractivity contribution >= 4 is 34.5 Å². The topological polar surface area (TPSA) is 77.2 Å². The number of hydrogen-bond acceptors (Lipinski definition) is 6. The van der Waals surface area contributed by atoms with Gasteiger partial charge in [0.25, 0.3) is 5.91 Å². The molecule has 2 aliphatic rings. The Bertz CT molecular complexity index is 857. The van der Waals surface area contributed by atoms with E-state index in [1.54, 1.807) is 18.1 Å². The molecule has 0 unspecified atom stereocenters. The summed E-state index contributed by atoms with van der Waals surface area (Å²) in [5, 5.41) is 4.54. The number of aromatic nitrogens is 3. The van der Waals surface area contributed by atoms with E-state index in [2.05, 4.69) is 25.2 Å². The third-order valence-corrected chi connectivity index (χ3v) is 6.22. The fraction of sp³-hybridized carbons (Fsp3) is 0.526. The number of carbonyl (C=O) groups excluding carboxylic acids is 1. The minimum absolute atomic E-state index is 0.0909. The van der Waals surface area contributed by atoms with Crippen molar-refractivity contribution in [3.8, 4) is 0 Å². The van der Waals surface area contributed by atoms with Crippen LogP contribution in [0.25, 0.3) is 11.0 Å². The fourth-order valence-corrected chi connectivity index (χ4v) is 4.77. The van der Waals surface area contributed by atoms with Gasteiger partial charge in [-0.25, -0.2) is 9.97 Å². The van der Waals surface area contributed by atoms with Crippen LogP contribution in [0.5, 0.6) is 0 Å². The molecule has 1 saturated heterocycles. The van der Waals surface area contributed by atoms with Gasteiger partial charge < -0.3 is 20.1 Å². The first kappa shape index (κ1) is 18.3. The Hall–Kier alpha value is -2.06. The number of rotatable bonds is 4. The molecule has 0 radical (unpaired) electrons. The Balaban J connectivity index is 1.53. The number of nitrogens with one attached hydrogen (secondary N) is 2. The number of anilines is 1. The Kier molecular flexibility index (Phi) is 5.36. The lowest BCUT2D eigenvalue weighted by atomic mass is 10.0. The summed E-state index contributed by atoms with van der Waals surface area (Å²) in [5.41, 5.74) is 1.94.